The Morgan fingerprint density at radius 1 is 1.53 bits per heavy atom. The molecule has 4 heteroatoms. The number of nitro groups is 1. The molecule has 0 fully saturated rings. The fraction of sp³-hybridized carbons (Fsp3) is 0.273. The molecule has 0 heterocycles. The minimum Gasteiger partial charge on any atom is -0.385 e. The zero-order valence-electron chi connectivity index (χ0n) is 8.51. The van der Waals surface area contributed by atoms with Gasteiger partial charge in [0, 0.05) is 12.1 Å². The zero-order valence-corrected chi connectivity index (χ0v) is 8.51. The van der Waals surface area contributed by atoms with Gasteiger partial charge in [-0.05, 0) is 31.0 Å². The Bertz CT molecular complexity index is 368. The van der Waals surface area contributed by atoms with Gasteiger partial charge in [-0.15, -0.1) is 6.58 Å². The third-order valence-corrected chi connectivity index (χ3v) is 2.24. The van der Waals surface area contributed by atoms with Crippen molar-refractivity contribution in [2.75, 3.05) is 0 Å². The number of non-ortho nitro benzene ring substituents is 1. The molecule has 0 saturated heterocycles. The molecule has 1 atom stereocenters. The normalized spacial score (nSPS) is 14.3. The lowest BCUT2D eigenvalue weighted by atomic mass is 9.92. The van der Waals surface area contributed by atoms with Crippen molar-refractivity contribution in [3.05, 3.63) is 52.6 Å². The standard InChI is InChI=1S/C11H13NO3/c1-3-8-11(2,13)9-4-6-10(7-5-9)12(14)15/h3-7,13H,1,8H2,2H3. The van der Waals surface area contributed by atoms with Crippen molar-refractivity contribution >= 4 is 5.69 Å². The highest BCUT2D eigenvalue weighted by atomic mass is 16.6. The van der Waals surface area contributed by atoms with Gasteiger partial charge < -0.3 is 5.11 Å². The van der Waals surface area contributed by atoms with Crippen LogP contribution in [0.15, 0.2) is 36.9 Å². The molecule has 1 aromatic carbocycles. The molecule has 0 radical (unpaired) electrons. The second-order valence-corrected chi connectivity index (χ2v) is 3.57. The molecular weight excluding hydrogens is 194 g/mol. The molecule has 0 bridgehead atoms. The maximum atomic E-state index is 10.4. The monoisotopic (exact) mass is 207 g/mol. The Morgan fingerprint density at radius 3 is 2.47 bits per heavy atom. The van der Waals surface area contributed by atoms with Crippen LogP contribution in [0.2, 0.25) is 0 Å². The molecule has 4 nitrogen and oxygen atoms in total. The Hall–Kier alpha value is -1.68. The van der Waals surface area contributed by atoms with Gasteiger partial charge in [0.25, 0.3) is 5.69 Å². The first-order chi connectivity index (χ1) is 6.97. The zero-order chi connectivity index (χ0) is 11.5. The van der Waals surface area contributed by atoms with Crippen LogP contribution in [0.5, 0.6) is 0 Å². The predicted octanol–water partition coefficient (Wildman–Crippen LogP) is 2.38. The Morgan fingerprint density at radius 2 is 2.07 bits per heavy atom. The van der Waals surface area contributed by atoms with Crippen LogP contribution < -0.4 is 0 Å². The summed E-state index contributed by atoms with van der Waals surface area (Å²) >= 11 is 0. The van der Waals surface area contributed by atoms with Crippen LogP contribution in [0.1, 0.15) is 18.9 Å². The van der Waals surface area contributed by atoms with E-state index in [1.807, 2.05) is 0 Å². The summed E-state index contributed by atoms with van der Waals surface area (Å²) in [5.74, 6) is 0. The number of benzene rings is 1. The summed E-state index contributed by atoms with van der Waals surface area (Å²) in [7, 11) is 0. The van der Waals surface area contributed by atoms with Crippen LogP contribution in [0.25, 0.3) is 0 Å². The first-order valence-corrected chi connectivity index (χ1v) is 4.55. The fourth-order valence-corrected chi connectivity index (χ4v) is 1.34. The van der Waals surface area contributed by atoms with Crippen LogP contribution in [-0.2, 0) is 5.60 Å². The van der Waals surface area contributed by atoms with Crippen molar-refractivity contribution in [3.8, 4) is 0 Å². The van der Waals surface area contributed by atoms with Crippen molar-refractivity contribution in [2.45, 2.75) is 18.9 Å². The number of rotatable bonds is 4. The molecule has 0 saturated carbocycles. The van der Waals surface area contributed by atoms with Crippen LogP contribution in [-0.4, -0.2) is 10.0 Å². The molecule has 0 spiro atoms. The van der Waals surface area contributed by atoms with Gasteiger partial charge >= 0.3 is 0 Å². The van der Waals surface area contributed by atoms with E-state index in [-0.39, 0.29) is 5.69 Å². The van der Waals surface area contributed by atoms with E-state index in [2.05, 4.69) is 6.58 Å². The highest BCUT2D eigenvalue weighted by Crippen LogP contribution is 2.26. The molecule has 0 amide bonds. The average molecular weight is 207 g/mol. The topological polar surface area (TPSA) is 63.4 Å². The molecule has 1 N–H and O–H groups in total. The summed E-state index contributed by atoms with van der Waals surface area (Å²) in [4.78, 5) is 9.95. The van der Waals surface area contributed by atoms with Gasteiger partial charge in [0.05, 0.1) is 10.5 Å². The quantitative estimate of drug-likeness (QED) is 0.468. The maximum absolute atomic E-state index is 10.4. The summed E-state index contributed by atoms with van der Waals surface area (Å²) < 4.78 is 0. The Kier molecular flexibility index (Phi) is 3.21. The van der Waals surface area contributed by atoms with E-state index >= 15 is 0 Å². The summed E-state index contributed by atoms with van der Waals surface area (Å²) in [5, 5.41) is 20.4. The molecule has 0 aromatic heterocycles. The largest absolute Gasteiger partial charge is 0.385 e. The van der Waals surface area contributed by atoms with E-state index in [0.29, 0.717) is 12.0 Å². The molecule has 1 unspecified atom stereocenters. The molecule has 1 rings (SSSR count). The van der Waals surface area contributed by atoms with E-state index in [1.165, 1.54) is 12.1 Å². The van der Waals surface area contributed by atoms with Crippen molar-refractivity contribution in [3.63, 3.8) is 0 Å². The summed E-state index contributed by atoms with van der Waals surface area (Å²) in [5.41, 5.74) is -0.349. The minimum atomic E-state index is -1.02. The average Bonchev–Trinajstić information content (AvgIpc) is 2.18. The molecule has 80 valence electrons. The second-order valence-electron chi connectivity index (χ2n) is 3.57. The van der Waals surface area contributed by atoms with Gasteiger partial charge in [-0.2, -0.15) is 0 Å². The fourth-order valence-electron chi connectivity index (χ4n) is 1.34. The molecule has 15 heavy (non-hydrogen) atoms. The highest BCUT2D eigenvalue weighted by molar-refractivity contribution is 5.35. The van der Waals surface area contributed by atoms with Crippen LogP contribution in [0.4, 0.5) is 5.69 Å². The lowest BCUT2D eigenvalue weighted by Crippen LogP contribution is -2.19. The SMILES string of the molecule is C=CCC(C)(O)c1ccc([N+](=O)[O-])cc1. The highest BCUT2D eigenvalue weighted by Gasteiger charge is 2.21. The summed E-state index contributed by atoms with van der Waals surface area (Å²) in [6.07, 6.45) is 2.02. The number of hydrogen-bond acceptors (Lipinski definition) is 3. The van der Waals surface area contributed by atoms with Crippen molar-refractivity contribution in [2.24, 2.45) is 0 Å². The van der Waals surface area contributed by atoms with Gasteiger partial charge in [0.1, 0.15) is 0 Å². The molecule has 0 aliphatic carbocycles. The maximum Gasteiger partial charge on any atom is 0.269 e. The summed E-state index contributed by atoms with van der Waals surface area (Å²) in [6, 6.07) is 5.88. The van der Waals surface area contributed by atoms with E-state index in [4.69, 9.17) is 0 Å². The second kappa shape index (κ2) is 4.23. The van der Waals surface area contributed by atoms with Crippen molar-refractivity contribution in [1.82, 2.24) is 0 Å². The van der Waals surface area contributed by atoms with E-state index in [1.54, 1.807) is 25.1 Å². The number of nitro benzene ring substituents is 1. The van der Waals surface area contributed by atoms with Gasteiger partial charge in [-0.1, -0.05) is 6.08 Å². The van der Waals surface area contributed by atoms with E-state index in [0.717, 1.165) is 0 Å². The summed E-state index contributed by atoms with van der Waals surface area (Å²) in [6.45, 7) is 5.20. The van der Waals surface area contributed by atoms with E-state index < -0.39 is 10.5 Å². The number of hydrogen-bond donors (Lipinski definition) is 1. The van der Waals surface area contributed by atoms with Crippen LogP contribution in [0, 0.1) is 10.1 Å². The third kappa shape index (κ3) is 2.63. The first-order valence-electron chi connectivity index (χ1n) is 4.55. The van der Waals surface area contributed by atoms with Gasteiger partial charge in [0.15, 0.2) is 0 Å². The number of aliphatic hydroxyl groups is 1. The third-order valence-electron chi connectivity index (χ3n) is 2.24. The van der Waals surface area contributed by atoms with Gasteiger partial charge in [0.2, 0.25) is 0 Å². The first kappa shape index (κ1) is 11.4. The van der Waals surface area contributed by atoms with Gasteiger partial charge in [-0.25, -0.2) is 0 Å². The molecule has 0 aliphatic rings. The molecule has 1 aromatic rings. The molecular formula is C11H13NO3. The van der Waals surface area contributed by atoms with E-state index in [9.17, 15) is 15.2 Å². The smallest absolute Gasteiger partial charge is 0.269 e. The predicted molar refractivity (Wildman–Crippen MR) is 57.5 cm³/mol. The Balaban J connectivity index is 2.97. The van der Waals surface area contributed by atoms with Crippen LogP contribution in [0.3, 0.4) is 0 Å². The van der Waals surface area contributed by atoms with Crippen molar-refractivity contribution < 1.29 is 10.0 Å². The van der Waals surface area contributed by atoms with Crippen LogP contribution >= 0.6 is 0 Å². The lowest BCUT2D eigenvalue weighted by Gasteiger charge is -2.21. The number of nitrogens with zero attached hydrogens (tertiary/aromatic N) is 1. The lowest BCUT2D eigenvalue weighted by molar-refractivity contribution is -0.384. The van der Waals surface area contributed by atoms with Crippen molar-refractivity contribution in [1.29, 1.82) is 0 Å². The molecule has 0 aliphatic heterocycles. The minimum absolute atomic E-state index is 0.0214. The van der Waals surface area contributed by atoms with Gasteiger partial charge in [-0.3, -0.25) is 10.1 Å². The Labute approximate surface area is 88.0 Å².